The van der Waals surface area contributed by atoms with Crippen LogP contribution >= 0.6 is 22.6 Å². The molecule has 0 spiro atoms. The summed E-state index contributed by atoms with van der Waals surface area (Å²) in [5.41, 5.74) is 1.16. The van der Waals surface area contributed by atoms with Gasteiger partial charge in [0.25, 0.3) is 0 Å². The van der Waals surface area contributed by atoms with E-state index in [0.29, 0.717) is 12.0 Å². The van der Waals surface area contributed by atoms with Crippen molar-refractivity contribution in [1.82, 2.24) is 4.98 Å². The number of pyridine rings is 1. The van der Waals surface area contributed by atoms with Crippen LogP contribution in [0.25, 0.3) is 0 Å². The average molecular weight is 303 g/mol. The van der Waals surface area contributed by atoms with Crippen LogP contribution < -0.4 is 4.74 Å². The minimum absolute atomic E-state index is 0.456. The van der Waals surface area contributed by atoms with Gasteiger partial charge >= 0.3 is 0 Å². The molecule has 0 unspecified atom stereocenters. The van der Waals surface area contributed by atoms with Gasteiger partial charge in [-0.25, -0.2) is 0 Å². The molecule has 1 aliphatic carbocycles. The fourth-order valence-corrected chi connectivity index (χ4v) is 2.37. The molecule has 1 aliphatic rings. The van der Waals surface area contributed by atoms with Crippen molar-refractivity contribution in [3.63, 3.8) is 0 Å². The molecule has 1 aromatic rings. The van der Waals surface area contributed by atoms with Crippen molar-refractivity contribution >= 4 is 22.6 Å². The number of hydrogen-bond acceptors (Lipinski definition) is 2. The number of halogens is 1. The first kappa shape index (κ1) is 10.2. The van der Waals surface area contributed by atoms with Crippen molar-refractivity contribution in [2.45, 2.75) is 38.7 Å². The van der Waals surface area contributed by atoms with Gasteiger partial charge in [0.15, 0.2) is 0 Å². The predicted octanol–water partition coefficient (Wildman–Crippen LogP) is 3.35. The molecule has 1 fully saturated rings. The van der Waals surface area contributed by atoms with Crippen LogP contribution in [0.1, 0.15) is 38.3 Å². The van der Waals surface area contributed by atoms with E-state index in [1.807, 2.05) is 6.20 Å². The normalized spacial score (nSPS) is 16.0. The van der Waals surface area contributed by atoms with E-state index in [1.54, 1.807) is 0 Å². The topological polar surface area (TPSA) is 22.1 Å². The van der Waals surface area contributed by atoms with Gasteiger partial charge in [0.2, 0.25) is 0 Å². The van der Waals surface area contributed by atoms with Crippen molar-refractivity contribution in [2.75, 3.05) is 0 Å². The van der Waals surface area contributed by atoms with E-state index in [0.717, 1.165) is 11.4 Å². The summed E-state index contributed by atoms with van der Waals surface area (Å²) in [4.78, 5) is 4.43. The second kappa shape index (κ2) is 4.04. The summed E-state index contributed by atoms with van der Waals surface area (Å²) in [7, 11) is 0. The SMILES string of the molecule is CC(C)c1ncc(OC2CC2)cc1I. The van der Waals surface area contributed by atoms with Crippen molar-refractivity contribution in [3.05, 3.63) is 21.5 Å². The maximum atomic E-state index is 5.67. The molecule has 0 atom stereocenters. The van der Waals surface area contributed by atoms with Crippen LogP contribution in [0.3, 0.4) is 0 Å². The van der Waals surface area contributed by atoms with E-state index in [-0.39, 0.29) is 0 Å². The van der Waals surface area contributed by atoms with Crippen LogP contribution in [0.2, 0.25) is 0 Å². The Balaban J connectivity index is 2.16. The lowest BCUT2D eigenvalue weighted by atomic mass is 10.1. The molecule has 0 saturated heterocycles. The minimum atomic E-state index is 0.456. The molecule has 1 aromatic heterocycles. The first-order valence-electron chi connectivity index (χ1n) is 4.99. The monoisotopic (exact) mass is 303 g/mol. The average Bonchev–Trinajstić information content (AvgIpc) is 2.87. The summed E-state index contributed by atoms with van der Waals surface area (Å²) in [6.07, 6.45) is 4.69. The first-order valence-corrected chi connectivity index (χ1v) is 6.07. The zero-order valence-electron chi connectivity index (χ0n) is 8.46. The van der Waals surface area contributed by atoms with Crippen LogP contribution in [0.4, 0.5) is 0 Å². The molecule has 0 radical (unpaired) electrons. The lowest BCUT2D eigenvalue weighted by Gasteiger charge is -2.09. The molecule has 0 aromatic carbocycles. The van der Waals surface area contributed by atoms with Crippen LogP contribution in [0.5, 0.6) is 5.75 Å². The Kier molecular flexibility index (Phi) is 2.95. The van der Waals surface area contributed by atoms with E-state index in [4.69, 9.17) is 4.74 Å². The predicted molar refractivity (Wildman–Crippen MR) is 64.7 cm³/mol. The summed E-state index contributed by atoms with van der Waals surface area (Å²) in [5.74, 6) is 1.40. The van der Waals surface area contributed by atoms with E-state index in [9.17, 15) is 0 Å². The molecule has 1 heterocycles. The Morgan fingerprint density at radius 1 is 1.50 bits per heavy atom. The third-order valence-electron chi connectivity index (χ3n) is 2.22. The summed E-state index contributed by atoms with van der Waals surface area (Å²) in [6.45, 7) is 4.32. The maximum Gasteiger partial charge on any atom is 0.139 e. The number of rotatable bonds is 3. The number of ether oxygens (including phenoxy) is 1. The fourth-order valence-electron chi connectivity index (χ4n) is 1.30. The van der Waals surface area contributed by atoms with Crippen molar-refractivity contribution in [2.24, 2.45) is 0 Å². The zero-order valence-corrected chi connectivity index (χ0v) is 10.6. The van der Waals surface area contributed by atoms with Gasteiger partial charge in [-0.2, -0.15) is 0 Å². The largest absolute Gasteiger partial charge is 0.489 e. The van der Waals surface area contributed by atoms with Gasteiger partial charge in [0.05, 0.1) is 18.0 Å². The Hall–Kier alpha value is -0.320. The maximum absolute atomic E-state index is 5.67. The summed E-state index contributed by atoms with van der Waals surface area (Å²) in [5, 5.41) is 0. The highest BCUT2D eigenvalue weighted by Gasteiger charge is 2.23. The molecule has 0 N–H and O–H groups in total. The van der Waals surface area contributed by atoms with Gasteiger partial charge in [0, 0.05) is 3.57 Å². The summed E-state index contributed by atoms with van der Waals surface area (Å²) < 4.78 is 6.88. The zero-order chi connectivity index (χ0) is 10.1. The van der Waals surface area contributed by atoms with Crippen LogP contribution in [0.15, 0.2) is 12.3 Å². The van der Waals surface area contributed by atoms with Gasteiger partial charge < -0.3 is 4.74 Å². The van der Waals surface area contributed by atoms with Gasteiger partial charge in [-0.1, -0.05) is 13.8 Å². The van der Waals surface area contributed by atoms with E-state index in [2.05, 4.69) is 47.5 Å². The highest BCUT2D eigenvalue weighted by molar-refractivity contribution is 14.1. The Morgan fingerprint density at radius 2 is 2.21 bits per heavy atom. The number of hydrogen-bond donors (Lipinski definition) is 0. The Labute approximate surface area is 98.2 Å². The number of aromatic nitrogens is 1. The van der Waals surface area contributed by atoms with Gasteiger partial charge in [-0.3, -0.25) is 4.98 Å². The molecule has 2 rings (SSSR count). The minimum Gasteiger partial charge on any atom is -0.489 e. The highest BCUT2D eigenvalue weighted by Crippen LogP contribution is 2.28. The third-order valence-corrected chi connectivity index (χ3v) is 3.08. The van der Waals surface area contributed by atoms with Crippen molar-refractivity contribution in [1.29, 1.82) is 0 Å². The third kappa shape index (κ3) is 2.38. The molecule has 0 bridgehead atoms. The van der Waals surface area contributed by atoms with Crippen LogP contribution in [-0.2, 0) is 0 Å². The quantitative estimate of drug-likeness (QED) is 0.799. The Morgan fingerprint density at radius 3 is 2.71 bits per heavy atom. The molecule has 3 heteroatoms. The molecule has 76 valence electrons. The van der Waals surface area contributed by atoms with Crippen LogP contribution in [0, 0.1) is 3.57 Å². The fraction of sp³-hybridized carbons (Fsp3) is 0.545. The van der Waals surface area contributed by atoms with Crippen molar-refractivity contribution < 1.29 is 4.74 Å². The lowest BCUT2D eigenvalue weighted by molar-refractivity contribution is 0.301. The Bertz CT molecular complexity index is 334. The van der Waals surface area contributed by atoms with Crippen molar-refractivity contribution in [3.8, 4) is 5.75 Å². The van der Waals surface area contributed by atoms with E-state index < -0.39 is 0 Å². The molecule has 0 aliphatic heterocycles. The molecule has 0 amide bonds. The van der Waals surface area contributed by atoms with Crippen LogP contribution in [-0.4, -0.2) is 11.1 Å². The molecule has 2 nitrogen and oxygen atoms in total. The second-order valence-corrected chi connectivity index (χ2v) is 5.17. The molecular weight excluding hydrogens is 289 g/mol. The first-order chi connectivity index (χ1) is 6.66. The molecule has 14 heavy (non-hydrogen) atoms. The number of nitrogens with zero attached hydrogens (tertiary/aromatic N) is 1. The van der Waals surface area contributed by atoms with Gasteiger partial charge in [0.1, 0.15) is 5.75 Å². The van der Waals surface area contributed by atoms with Gasteiger partial charge in [-0.05, 0) is 47.4 Å². The lowest BCUT2D eigenvalue weighted by Crippen LogP contribution is -2.00. The standard InChI is InChI=1S/C11H14INO/c1-7(2)11-10(12)5-9(6-13-11)14-8-3-4-8/h5-8H,3-4H2,1-2H3. The smallest absolute Gasteiger partial charge is 0.139 e. The second-order valence-electron chi connectivity index (χ2n) is 4.01. The molecular formula is C11H14INO. The van der Waals surface area contributed by atoms with E-state index in [1.165, 1.54) is 16.4 Å². The van der Waals surface area contributed by atoms with Gasteiger partial charge in [-0.15, -0.1) is 0 Å². The van der Waals surface area contributed by atoms with E-state index >= 15 is 0 Å². The summed E-state index contributed by atoms with van der Waals surface area (Å²) >= 11 is 2.33. The summed E-state index contributed by atoms with van der Waals surface area (Å²) in [6, 6.07) is 2.08. The molecule has 1 saturated carbocycles. The highest BCUT2D eigenvalue weighted by atomic mass is 127.